The van der Waals surface area contributed by atoms with Crippen LogP contribution in [0.2, 0.25) is 0 Å². The summed E-state index contributed by atoms with van der Waals surface area (Å²) in [5.74, 6) is -0.403. The quantitative estimate of drug-likeness (QED) is 0.744. The molecular weight excluding hydrogens is 291 g/mol. The molecule has 3 aromatic rings. The molecule has 3 rings (SSSR count). The highest BCUT2D eigenvalue weighted by Gasteiger charge is 2.05. The first-order chi connectivity index (χ1) is 11.1. The van der Waals surface area contributed by atoms with Gasteiger partial charge in [0.2, 0.25) is 5.91 Å². The number of hydrogen-bond donors (Lipinski definition) is 2. The Morgan fingerprint density at radius 2 is 2.00 bits per heavy atom. The Bertz CT molecular complexity index is 838. The van der Waals surface area contributed by atoms with Crippen LogP contribution in [-0.2, 0) is 17.6 Å². The summed E-state index contributed by atoms with van der Waals surface area (Å²) in [6, 6.07) is 14.5. The lowest BCUT2D eigenvalue weighted by atomic mass is 10.1. The number of halogens is 1. The van der Waals surface area contributed by atoms with Gasteiger partial charge in [-0.2, -0.15) is 0 Å². The predicted molar refractivity (Wildman–Crippen MR) is 89.9 cm³/mol. The van der Waals surface area contributed by atoms with Gasteiger partial charge in [0.1, 0.15) is 5.82 Å². The average molecular weight is 310 g/mol. The van der Waals surface area contributed by atoms with Crippen molar-refractivity contribution in [3.63, 3.8) is 0 Å². The maximum atomic E-state index is 13.1. The minimum absolute atomic E-state index is 0.0887. The molecule has 1 amide bonds. The molecule has 0 aliphatic heterocycles. The summed E-state index contributed by atoms with van der Waals surface area (Å²) >= 11 is 0. The molecule has 0 atom stereocenters. The third kappa shape index (κ3) is 3.97. The molecule has 0 aliphatic carbocycles. The van der Waals surface area contributed by atoms with Crippen LogP contribution in [0.1, 0.15) is 16.8 Å². The Morgan fingerprint density at radius 1 is 1.13 bits per heavy atom. The molecule has 0 bridgehead atoms. The summed E-state index contributed by atoms with van der Waals surface area (Å²) < 4.78 is 13.1. The Morgan fingerprint density at radius 3 is 2.83 bits per heavy atom. The van der Waals surface area contributed by atoms with E-state index in [1.54, 1.807) is 12.1 Å². The molecule has 4 heteroatoms. The van der Waals surface area contributed by atoms with Crippen molar-refractivity contribution in [2.24, 2.45) is 0 Å². The summed E-state index contributed by atoms with van der Waals surface area (Å²) in [4.78, 5) is 15.2. The van der Waals surface area contributed by atoms with Gasteiger partial charge in [-0.05, 0) is 60.2 Å². The number of fused-ring (bicyclic) bond motifs is 1. The van der Waals surface area contributed by atoms with Gasteiger partial charge in [-0.25, -0.2) is 4.39 Å². The number of hydrogen-bond acceptors (Lipinski definition) is 1. The van der Waals surface area contributed by atoms with E-state index in [0.29, 0.717) is 12.1 Å². The molecule has 0 saturated heterocycles. The first-order valence-corrected chi connectivity index (χ1v) is 7.69. The van der Waals surface area contributed by atoms with E-state index in [2.05, 4.69) is 34.6 Å². The highest BCUT2D eigenvalue weighted by molar-refractivity contribution is 5.81. The molecular formula is C19H19FN2O. The smallest absolute Gasteiger partial charge is 0.224 e. The van der Waals surface area contributed by atoms with Crippen LogP contribution < -0.4 is 5.32 Å². The molecule has 1 heterocycles. The Kier molecular flexibility index (Phi) is 4.42. The molecule has 1 aromatic heterocycles. The van der Waals surface area contributed by atoms with Crippen LogP contribution in [0.3, 0.4) is 0 Å². The van der Waals surface area contributed by atoms with E-state index in [0.717, 1.165) is 17.6 Å². The molecule has 0 spiro atoms. The number of carbonyl (C=O) groups is 1. The molecule has 2 aromatic carbocycles. The SMILES string of the molecule is Cc1cc2cc(CCNC(=O)Cc3cccc(F)c3)ccc2[nH]1. The van der Waals surface area contributed by atoms with Crippen molar-refractivity contribution in [2.75, 3.05) is 6.54 Å². The van der Waals surface area contributed by atoms with Crippen molar-refractivity contribution in [1.29, 1.82) is 0 Å². The van der Waals surface area contributed by atoms with Gasteiger partial charge in [-0.1, -0.05) is 18.2 Å². The van der Waals surface area contributed by atoms with E-state index in [1.165, 1.54) is 23.1 Å². The van der Waals surface area contributed by atoms with Gasteiger partial charge in [0.15, 0.2) is 0 Å². The highest BCUT2D eigenvalue weighted by atomic mass is 19.1. The summed E-state index contributed by atoms with van der Waals surface area (Å²) in [6.45, 7) is 2.61. The normalized spacial score (nSPS) is 10.9. The van der Waals surface area contributed by atoms with Gasteiger partial charge in [0.25, 0.3) is 0 Å². The van der Waals surface area contributed by atoms with E-state index >= 15 is 0 Å². The summed E-state index contributed by atoms with van der Waals surface area (Å²) in [5, 5.41) is 4.07. The van der Waals surface area contributed by atoms with Gasteiger partial charge < -0.3 is 10.3 Å². The van der Waals surface area contributed by atoms with E-state index in [-0.39, 0.29) is 18.1 Å². The third-order valence-corrected chi connectivity index (χ3v) is 3.81. The lowest BCUT2D eigenvalue weighted by Crippen LogP contribution is -2.27. The predicted octanol–water partition coefficient (Wildman–Crippen LogP) is 3.52. The fourth-order valence-electron chi connectivity index (χ4n) is 2.72. The van der Waals surface area contributed by atoms with Crippen molar-refractivity contribution < 1.29 is 9.18 Å². The maximum Gasteiger partial charge on any atom is 0.224 e. The lowest BCUT2D eigenvalue weighted by Gasteiger charge is -2.06. The molecule has 0 radical (unpaired) electrons. The number of nitrogens with one attached hydrogen (secondary N) is 2. The Balaban J connectivity index is 1.52. The Labute approximate surface area is 134 Å². The van der Waals surface area contributed by atoms with E-state index < -0.39 is 0 Å². The van der Waals surface area contributed by atoms with Gasteiger partial charge in [-0.15, -0.1) is 0 Å². The first-order valence-electron chi connectivity index (χ1n) is 7.69. The number of H-pyrrole nitrogens is 1. The van der Waals surface area contributed by atoms with E-state index in [9.17, 15) is 9.18 Å². The fourth-order valence-corrected chi connectivity index (χ4v) is 2.72. The molecule has 0 aliphatic rings. The fraction of sp³-hybridized carbons (Fsp3) is 0.211. The van der Waals surface area contributed by atoms with Crippen molar-refractivity contribution in [3.05, 3.63) is 71.2 Å². The van der Waals surface area contributed by atoms with Gasteiger partial charge >= 0.3 is 0 Å². The maximum absolute atomic E-state index is 13.1. The highest BCUT2D eigenvalue weighted by Crippen LogP contribution is 2.17. The lowest BCUT2D eigenvalue weighted by molar-refractivity contribution is -0.120. The molecule has 118 valence electrons. The van der Waals surface area contributed by atoms with Crippen LogP contribution in [0.4, 0.5) is 4.39 Å². The van der Waals surface area contributed by atoms with Gasteiger partial charge in [-0.3, -0.25) is 4.79 Å². The number of aryl methyl sites for hydroxylation is 1. The van der Waals surface area contributed by atoms with Crippen LogP contribution in [0.15, 0.2) is 48.5 Å². The van der Waals surface area contributed by atoms with E-state index in [4.69, 9.17) is 0 Å². The van der Waals surface area contributed by atoms with Gasteiger partial charge in [0.05, 0.1) is 6.42 Å². The van der Waals surface area contributed by atoms with Crippen molar-refractivity contribution >= 4 is 16.8 Å². The average Bonchev–Trinajstić information content (AvgIpc) is 2.86. The monoisotopic (exact) mass is 310 g/mol. The van der Waals surface area contributed by atoms with Crippen molar-refractivity contribution in [2.45, 2.75) is 19.8 Å². The molecule has 23 heavy (non-hydrogen) atoms. The molecule has 0 fully saturated rings. The minimum Gasteiger partial charge on any atom is -0.359 e. The molecule has 0 unspecified atom stereocenters. The zero-order chi connectivity index (χ0) is 16.2. The zero-order valence-electron chi connectivity index (χ0n) is 13.0. The minimum atomic E-state index is -0.314. The second-order valence-corrected chi connectivity index (χ2v) is 5.78. The number of rotatable bonds is 5. The van der Waals surface area contributed by atoms with Crippen molar-refractivity contribution in [1.82, 2.24) is 10.3 Å². The standard InChI is InChI=1S/C19H19FN2O/c1-13-9-16-10-14(5-6-18(16)22-13)7-8-21-19(23)12-15-3-2-4-17(20)11-15/h2-6,9-11,22H,7-8,12H2,1H3,(H,21,23). The third-order valence-electron chi connectivity index (χ3n) is 3.81. The largest absolute Gasteiger partial charge is 0.359 e. The van der Waals surface area contributed by atoms with Crippen LogP contribution in [-0.4, -0.2) is 17.4 Å². The van der Waals surface area contributed by atoms with E-state index in [1.807, 2.05) is 6.92 Å². The second kappa shape index (κ2) is 6.65. The van der Waals surface area contributed by atoms with Crippen LogP contribution >= 0.6 is 0 Å². The summed E-state index contributed by atoms with van der Waals surface area (Å²) in [7, 11) is 0. The number of aromatic amines is 1. The topological polar surface area (TPSA) is 44.9 Å². The summed E-state index contributed by atoms with van der Waals surface area (Å²) in [5.41, 5.74) is 4.14. The second-order valence-electron chi connectivity index (χ2n) is 5.78. The summed E-state index contributed by atoms with van der Waals surface area (Å²) in [6.07, 6.45) is 0.975. The Hall–Kier alpha value is -2.62. The molecule has 2 N–H and O–H groups in total. The molecule has 3 nitrogen and oxygen atoms in total. The zero-order valence-corrected chi connectivity index (χ0v) is 13.0. The number of benzene rings is 2. The number of carbonyl (C=O) groups excluding carboxylic acids is 1. The van der Waals surface area contributed by atoms with Gasteiger partial charge in [0, 0.05) is 17.8 Å². The number of aromatic nitrogens is 1. The molecule has 0 saturated carbocycles. The van der Waals surface area contributed by atoms with Crippen LogP contribution in [0.5, 0.6) is 0 Å². The van der Waals surface area contributed by atoms with Crippen molar-refractivity contribution in [3.8, 4) is 0 Å². The van der Waals surface area contributed by atoms with Crippen LogP contribution in [0, 0.1) is 12.7 Å². The van der Waals surface area contributed by atoms with Crippen LogP contribution in [0.25, 0.3) is 10.9 Å². The first kappa shape index (κ1) is 15.3. The number of amides is 1.